The molecule has 3 heterocycles. The van der Waals surface area contributed by atoms with Crippen molar-refractivity contribution < 1.29 is 14.6 Å². The molecule has 0 saturated carbocycles. The Kier molecular flexibility index (Phi) is 5.53. The van der Waals surface area contributed by atoms with Crippen molar-refractivity contribution in [3.63, 3.8) is 0 Å². The predicted molar refractivity (Wildman–Crippen MR) is 132 cm³/mol. The molecule has 0 aliphatic heterocycles. The molecule has 2 N–H and O–H groups in total. The Bertz CT molecular complexity index is 1650. The molecule has 2 aromatic carbocycles. The van der Waals surface area contributed by atoms with Crippen molar-refractivity contribution in [3.05, 3.63) is 81.1 Å². The van der Waals surface area contributed by atoms with Crippen LogP contribution < -0.4 is 15.6 Å². The van der Waals surface area contributed by atoms with E-state index in [1.807, 2.05) is 31.4 Å². The average Bonchev–Trinajstić information content (AvgIpc) is 3.39. The maximum Gasteiger partial charge on any atom is 0.282 e. The van der Waals surface area contributed by atoms with E-state index in [0.29, 0.717) is 16.4 Å². The quantitative estimate of drug-likeness (QED) is 0.387. The zero-order valence-corrected chi connectivity index (χ0v) is 19.8. The minimum Gasteiger partial charge on any atom is -0.505 e. The SMILES string of the molecule is COc1ccccc1-n1nc(C(=O)Nc2nc3scc(-c4ccc(C)cc4C)n3n2)c(O)cc1=O. The molecule has 10 nitrogen and oxygen atoms in total. The molecule has 1 amide bonds. The Morgan fingerprint density at radius 2 is 1.91 bits per heavy atom. The van der Waals surface area contributed by atoms with Gasteiger partial charge in [0.2, 0.25) is 4.96 Å². The molecule has 0 fully saturated rings. The van der Waals surface area contributed by atoms with Crippen molar-refractivity contribution in [3.8, 4) is 28.4 Å². The van der Waals surface area contributed by atoms with Gasteiger partial charge in [-0.15, -0.1) is 16.4 Å². The number of hydrogen-bond acceptors (Lipinski definition) is 8. The first-order valence-electron chi connectivity index (χ1n) is 10.6. The standard InChI is InChI=1S/C24H20N6O4S/c1-13-8-9-15(14(2)10-13)17-12-35-24-26-23(28-30(17)24)25-22(33)21-18(31)11-20(32)29(27-21)16-6-4-5-7-19(16)34-3/h4-12,31H,1-3H3,(H,25,28,33). The van der Waals surface area contributed by atoms with Crippen molar-refractivity contribution in [1.29, 1.82) is 0 Å². The summed E-state index contributed by atoms with van der Waals surface area (Å²) in [6.45, 7) is 4.06. The number of carbonyl (C=O) groups excluding carboxylic acids is 1. The number of anilines is 1. The number of thiazole rings is 1. The largest absolute Gasteiger partial charge is 0.505 e. The number of fused-ring (bicyclic) bond motifs is 1. The zero-order valence-electron chi connectivity index (χ0n) is 19.0. The van der Waals surface area contributed by atoms with Crippen LogP contribution in [0.4, 0.5) is 5.95 Å². The molecule has 11 heteroatoms. The molecule has 0 saturated heterocycles. The third-order valence-corrected chi connectivity index (χ3v) is 6.22. The third-order valence-electron chi connectivity index (χ3n) is 5.40. The van der Waals surface area contributed by atoms with Gasteiger partial charge in [-0.25, -0.2) is 4.52 Å². The first kappa shape index (κ1) is 22.3. The van der Waals surface area contributed by atoms with E-state index in [-0.39, 0.29) is 11.6 Å². The van der Waals surface area contributed by atoms with Gasteiger partial charge in [-0.2, -0.15) is 14.8 Å². The number of para-hydroxylation sites is 2. The summed E-state index contributed by atoms with van der Waals surface area (Å²) in [4.78, 5) is 30.4. The number of carbonyl (C=O) groups is 1. The number of hydrogen-bond donors (Lipinski definition) is 2. The summed E-state index contributed by atoms with van der Waals surface area (Å²) in [6.07, 6.45) is 0. The Morgan fingerprint density at radius 3 is 2.69 bits per heavy atom. The number of nitrogens with one attached hydrogen (secondary N) is 1. The molecule has 0 atom stereocenters. The molecule has 0 bridgehead atoms. The number of aromatic nitrogens is 5. The number of nitrogens with zero attached hydrogens (tertiary/aromatic N) is 5. The summed E-state index contributed by atoms with van der Waals surface area (Å²) in [6, 6.07) is 13.8. The molecule has 35 heavy (non-hydrogen) atoms. The van der Waals surface area contributed by atoms with Crippen molar-refractivity contribution in [1.82, 2.24) is 24.4 Å². The highest BCUT2D eigenvalue weighted by Gasteiger charge is 2.21. The van der Waals surface area contributed by atoms with Gasteiger partial charge in [0.25, 0.3) is 17.4 Å². The maximum absolute atomic E-state index is 13.0. The molecule has 5 rings (SSSR count). The first-order chi connectivity index (χ1) is 16.9. The molecule has 5 aromatic rings. The lowest BCUT2D eigenvalue weighted by Crippen LogP contribution is -2.25. The van der Waals surface area contributed by atoms with E-state index >= 15 is 0 Å². The Labute approximate surface area is 203 Å². The number of methoxy groups -OCH3 is 1. The number of rotatable bonds is 5. The van der Waals surface area contributed by atoms with E-state index in [0.717, 1.165) is 33.1 Å². The van der Waals surface area contributed by atoms with Crippen LogP contribution >= 0.6 is 11.3 Å². The Morgan fingerprint density at radius 1 is 1.11 bits per heavy atom. The van der Waals surface area contributed by atoms with Gasteiger partial charge < -0.3 is 9.84 Å². The lowest BCUT2D eigenvalue weighted by Gasteiger charge is -2.11. The molecule has 0 unspecified atom stereocenters. The highest BCUT2D eigenvalue weighted by Crippen LogP contribution is 2.29. The summed E-state index contributed by atoms with van der Waals surface area (Å²) in [7, 11) is 1.46. The Hall–Kier alpha value is -4.51. The van der Waals surface area contributed by atoms with Crippen LogP contribution in [0.5, 0.6) is 11.5 Å². The van der Waals surface area contributed by atoms with Crippen LogP contribution in [0.3, 0.4) is 0 Å². The summed E-state index contributed by atoms with van der Waals surface area (Å²) in [5.41, 5.74) is 3.46. The lowest BCUT2D eigenvalue weighted by atomic mass is 10.0. The van der Waals surface area contributed by atoms with Crippen LogP contribution in [0, 0.1) is 13.8 Å². The molecule has 0 spiro atoms. The molecular weight excluding hydrogens is 468 g/mol. The smallest absolute Gasteiger partial charge is 0.282 e. The molecule has 0 aliphatic rings. The van der Waals surface area contributed by atoms with Gasteiger partial charge in [0.15, 0.2) is 11.4 Å². The molecule has 0 radical (unpaired) electrons. The molecule has 176 valence electrons. The minimum absolute atomic E-state index is 0.0455. The van der Waals surface area contributed by atoms with Gasteiger partial charge in [-0.1, -0.05) is 35.9 Å². The van der Waals surface area contributed by atoms with Gasteiger partial charge >= 0.3 is 0 Å². The van der Waals surface area contributed by atoms with Crippen LogP contribution in [-0.4, -0.2) is 42.5 Å². The monoisotopic (exact) mass is 488 g/mol. The Balaban J connectivity index is 1.49. The van der Waals surface area contributed by atoms with Gasteiger partial charge in [0, 0.05) is 17.0 Å². The normalized spacial score (nSPS) is 11.1. The fourth-order valence-corrected chi connectivity index (χ4v) is 4.59. The van der Waals surface area contributed by atoms with Crippen molar-refractivity contribution in [2.45, 2.75) is 13.8 Å². The van der Waals surface area contributed by atoms with Crippen LogP contribution in [0.25, 0.3) is 21.9 Å². The topological polar surface area (TPSA) is 124 Å². The highest BCUT2D eigenvalue weighted by atomic mass is 32.1. The second-order valence-electron chi connectivity index (χ2n) is 7.82. The number of benzene rings is 2. The fraction of sp³-hybridized carbons (Fsp3) is 0.125. The second-order valence-corrected chi connectivity index (χ2v) is 8.66. The first-order valence-corrected chi connectivity index (χ1v) is 11.4. The van der Waals surface area contributed by atoms with Gasteiger partial charge in [-0.05, 0) is 31.5 Å². The number of ether oxygens (including phenoxy) is 1. The van der Waals surface area contributed by atoms with E-state index in [9.17, 15) is 14.7 Å². The summed E-state index contributed by atoms with van der Waals surface area (Å²) < 4.78 is 7.93. The van der Waals surface area contributed by atoms with Gasteiger partial charge in [0.1, 0.15) is 11.4 Å². The van der Waals surface area contributed by atoms with Gasteiger partial charge in [0.05, 0.1) is 12.8 Å². The van der Waals surface area contributed by atoms with Crippen LogP contribution in [0.1, 0.15) is 21.6 Å². The van der Waals surface area contributed by atoms with Crippen molar-refractivity contribution in [2.75, 3.05) is 12.4 Å². The minimum atomic E-state index is -0.766. The maximum atomic E-state index is 13.0. The molecular formula is C24H20N6O4S. The van der Waals surface area contributed by atoms with Gasteiger partial charge in [-0.3, -0.25) is 14.9 Å². The highest BCUT2D eigenvalue weighted by molar-refractivity contribution is 7.15. The van der Waals surface area contributed by atoms with E-state index in [4.69, 9.17) is 4.74 Å². The van der Waals surface area contributed by atoms with E-state index in [1.54, 1.807) is 28.8 Å². The summed E-state index contributed by atoms with van der Waals surface area (Å²) in [5.74, 6) is -0.897. The lowest BCUT2D eigenvalue weighted by molar-refractivity contribution is 0.101. The predicted octanol–water partition coefficient (Wildman–Crippen LogP) is 3.59. The second kappa shape index (κ2) is 8.69. The van der Waals surface area contributed by atoms with E-state index in [2.05, 4.69) is 26.6 Å². The zero-order chi connectivity index (χ0) is 24.7. The summed E-state index contributed by atoms with van der Waals surface area (Å²) in [5, 5.41) is 23.3. The molecule has 3 aromatic heterocycles. The average molecular weight is 489 g/mol. The van der Waals surface area contributed by atoms with E-state index in [1.165, 1.54) is 18.4 Å². The van der Waals surface area contributed by atoms with Crippen molar-refractivity contribution >= 4 is 28.2 Å². The van der Waals surface area contributed by atoms with Crippen LogP contribution in [0.15, 0.2) is 58.7 Å². The molecule has 0 aliphatic carbocycles. The van der Waals surface area contributed by atoms with Crippen LogP contribution in [-0.2, 0) is 0 Å². The number of amides is 1. The number of aromatic hydroxyl groups is 1. The van der Waals surface area contributed by atoms with E-state index < -0.39 is 17.2 Å². The summed E-state index contributed by atoms with van der Waals surface area (Å²) >= 11 is 1.39. The fourth-order valence-electron chi connectivity index (χ4n) is 3.77. The number of aryl methyl sites for hydroxylation is 2. The van der Waals surface area contributed by atoms with Crippen LogP contribution in [0.2, 0.25) is 0 Å². The third kappa shape index (κ3) is 4.02. The van der Waals surface area contributed by atoms with Crippen molar-refractivity contribution in [2.24, 2.45) is 0 Å².